The van der Waals surface area contributed by atoms with Gasteiger partial charge in [-0.15, -0.1) is 0 Å². The first kappa shape index (κ1) is 14.0. The molecule has 1 N–H and O–H groups in total. The number of aliphatic hydroxyl groups is 1. The van der Waals surface area contributed by atoms with Gasteiger partial charge in [0.05, 0.1) is 18.0 Å². The first-order chi connectivity index (χ1) is 9.74. The summed E-state index contributed by atoms with van der Waals surface area (Å²) in [5.41, 5.74) is 0.575. The summed E-state index contributed by atoms with van der Waals surface area (Å²) >= 11 is 0. The SMILES string of the molecule is OC(CCN1CCCC2CCCC21)c1ccc(F)cn1. The third-order valence-electron chi connectivity index (χ3n) is 4.89. The first-order valence-corrected chi connectivity index (χ1v) is 7.77. The van der Waals surface area contributed by atoms with Gasteiger partial charge in [-0.3, -0.25) is 4.98 Å². The lowest BCUT2D eigenvalue weighted by Crippen LogP contribution is -2.43. The Morgan fingerprint density at radius 3 is 2.95 bits per heavy atom. The molecule has 0 spiro atoms. The zero-order chi connectivity index (χ0) is 13.9. The fraction of sp³-hybridized carbons (Fsp3) is 0.688. The standard InChI is InChI=1S/C16H23FN2O/c17-13-6-7-14(18-11-13)16(20)8-10-19-9-2-4-12-3-1-5-15(12)19/h6-7,11-12,15-16,20H,1-5,8-10H2. The average Bonchev–Trinajstić information content (AvgIpc) is 2.94. The van der Waals surface area contributed by atoms with E-state index in [1.807, 2.05) is 0 Å². The molecular formula is C16H23FN2O. The Kier molecular flexibility index (Phi) is 4.32. The van der Waals surface area contributed by atoms with Gasteiger partial charge in [-0.05, 0) is 56.7 Å². The van der Waals surface area contributed by atoms with Crippen molar-refractivity contribution in [2.24, 2.45) is 5.92 Å². The van der Waals surface area contributed by atoms with Gasteiger partial charge >= 0.3 is 0 Å². The maximum absolute atomic E-state index is 12.8. The average molecular weight is 278 g/mol. The van der Waals surface area contributed by atoms with Gasteiger partial charge in [0.1, 0.15) is 5.82 Å². The fourth-order valence-corrected chi connectivity index (χ4v) is 3.86. The van der Waals surface area contributed by atoms with Gasteiger partial charge in [-0.25, -0.2) is 4.39 Å². The zero-order valence-electron chi connectivity index (χ0n) is 11.8. The minimum atomic E-state index is -0.586. The van der Waals surface area contributed by atoms with Crippen molar-refractivity contribution in [1.29, 1.82) is 0 Å². The van der Waals surface area contributed by atoms with Crippen LogP contribution < -0.4 is 0 Å². The summed E-state index contributed by atoms with van der Waals surface area (Å²) in [6.45, 7) is 2.08. The van der Waals surface area contributed by atoms with E-state index in [1.165, 1.54) is 44.4 Å². The normalized spacial score (nSPS) is 28.3. The van der Waals surface area contributed by atoms with Crippen molar-refractivity contribution in [2.75, 3.05) is 13.1 Å². The minimum Gasteiger partial charge on any atom is -0.387 e. The Labute approximate surface area is 119 Å². The first-order valence-electron chi connectivity index (χ1n) is 7.77. The number of halogens is 1. The molecule has 1 aliphatic heterocycles. The van der Waals surface area contributed by atoms with Crippen LogP contribution in [-0.2, 0) is 0 Å². The molecule has 2 aliphatic rings. The Morgan fingerprint density at radius 1 is 1.30 bits per heavy atom. The second-order valence-corrected chi connectivity index (χ2v) is 6.14. The minimum absolute atomic E-state index is 0.356. The molecule has 2 heterocycles. The van der Waals surface area contributed by atoms with Crippen LogP contribution in [0.4, 0.5) is 4.39 Å². The largest absolute Gasteiger partial charge is 0.387 e. The molecule has 3 unspecified atom stereocenters. The lowest BCUT2D eigenvalue weighted by molar-refractivity contribution is 0.0821. The molecule has 2 fully saturated rings. The van der Waals surface area contributed by atoms with Gasteiger partial charge in [-0.1, -0.05) is 6.42 Å². The molecule has 1 saturated carbocycles. The molecule has 1 saturated heterocycles. The van der Waals surface area contributed by atoms with Gasteiger partial charge < -0.3 is 10.0 Å². The quantitative estimate of drug-likeness (QED) is 0.920. The summed E-state index contributed by atoms with van der Waals surface area (Å²) in [5.74, 6) is 0.524. The molecule has 3 nitrogen and oxygen atoms in total. The van der Waals surface area contributed by atoms with E-state index in [0.717, 1.165) is 25.0 Å². The van der Waals surface area contributed by atoms with Crippen LogP contribution in [0.1, 0.15) is 50.3 Å². The van der Waals surface area contributed by atoms with E-state index >= 15 is 0 Å². The molecule has 0 bridgehead atoms. The molecule has 4 heteroatoms. The van der Waals surface area contributed by atoms with Crippen molar-refractivity contribution in [1.82, 2.24) is 9.88 Å². The summed E-state index contributed by atoms with van der Waals surface area (Å²) in [7, 11) is 0. The molecule has 1 aromatic heterocycles. The highest BCUT2D eigenvalue weighted by atomic mass is 19.1. The number of likely N-dealkylation sites (tertiary alicyclic amines) is 1. The maximum atomic E-state index is 12.8. The van der Waals surface area contributed by atoms with E-state index in [2.05, 4.69) is 9.88 Å². The molecule has 0 aromatic carbocycles. The molecule has 1 aromatic rings. The number of hydrogen-bond donors (Lipinski definition) is 1. The monoisotopic (exact) mass is 278 g/mol. The maximum Gasteiger partial charge on any atom is 0.141 e. The van der Waals surface area contributed by atoms with E-state index in [1.54, 1.807) is 6.07 Å². The van der Waals surface area contributed by atoms with Crippen molar-refractivity contribution in [3.63, 3.8) is 0 Å². The summed E-state index contributed by atoms with van der Waals surface area (Å²) in [6, 6.07) is 3.67. The second-order valence-electron chi connectivity index (χ2n) is 6.14. The molecule has 3 atom stereocenters. The van der Waals surface area contributed by atoms with E-state index in [4.69, 9.17) is 0 Å². The predicted octanol–water partition coefficient (Wildman–Crippen LogP) is 2.91. The highest BCUT2D eigenvalue weighted by Gasteiger charge is 2.34. The Bertz CT molecular complexity index is 437. The number of aliphatic hydroxyl groups excluding tert-OH is 1. The number of nitrogens with zero attached hydrogens (tertiary/aromatic N) is 2. The number of rotatable bonds is 4. The van der Waals surface area contributed by atoms with Gasteiger partial charge in [0.2, 0.25) is 0 Å². The molecular weight excluding hydrogens is 255 g/mol. The van der Waals surface area contributed by atoms with E-state index in [-0.39, 0.29) is 5.82 Å². The molecule has 3 rings (SSSR count). The van der Waals surface area contributed by atoms with Crippen LogP contribution in [0.5, 0.6) is 0 Å². The van der Waals surface area contributed by atoms with Crippen LogP contribution in [0.15, 0.2) is 18.3 Å². The molecule has 0 radical (unpaired) electrons. The zero-order valence-corrected chi connectivity index (χ0v) is 11.8. The van der Waals surface area contributed by atoms with Crippen LogP contribution in [0.25, 0.3) is 0 Å². The molecule has 20 heavy (non-hydrogen) atoms. The number of pyridine rings is 1. The number of aromatic nitrogens is 1. The van der Waals surface area contributed by atoms with Crippen LogP contribution in [0.2, 0.25) is 0 Å². The lowest BCUT2D eigenvalue weighted by Gasteiger charge is -2.38. The van der Waals surface area contributed by atoms with Crippen molar-refractivity contribution >= 4 is 0 Å². The van der Waals surface area contributed by atoms with E-state index in [0.29, 0.717) is 12.1 Å². The number of hydrogen-bond acceptors (Lipinski definition) is 3. The molecule has 1 aliphatic carbocycles. The van der Waals surface area contributed by atoms with E-state index in [9.17, 15) is 9.50 Å². The van der Waals surface area contributed by atoms with Crippen LogP contribution >= 0.6 is 0 Å². The summed E-state index contributed by atoms with van der Waals surface area (Å²) < 4.78 is 12.8. The van der Waals surface area contributed by atoms with Gasteiger partial charge in [-0.2, -0.15) is 0 Å². The topological polar surface area (TPSA) is 36.4 Å². The van der Waals surface area contributed by atoms with Gasteiger partial charge in [0.15, 0.2) is 0 Å². The van der Waals surface area contributed by atoms with Crippen molar-refractivity contribution in [2.45, 2.75) is 50.7 Å². The lowest BCUT2D eigenvalue weighted by atomic mass is 9.91. The molecule has 110 valence electrons. The Balaban J connectivity index is 1.54. The van der Waals surface area contributed by atoms with Gasteiger partial charge in [0, 0.05) is 12.6 Å². The third-order valence-corrected chi connectivity index (χ3v) is 4.89. The van der Waals surface area contributed by atoms with Crippen molar-refractivity contribution in [3.05, 3.63) is 29.8 Å². The van der Waals surface area contributed by atoms with Crippen molar-refractivity contribution in [3.8, 4) is 0 Å². The summed E-state index contributed by atoms with van der Waals surface area (Å²) in [5, 5.41) is 10.2. The van der Waals surface area contributed by atoms with Crippen LogP contribution in [0, 0.1) is 11.7 Å². The van der Waals surface area contributed by atoms with Gasteiger partial charge in [0.25, 0.3) is 0 Å². The second kappa shape index (κ2) is 6.19. The number of fused-ring (bicyclic) bond motifs is 1. The smallest absolute Gasteiger partial charge is 0.141 e. The Morgan fingerprint density at radius 2 is 2.15 bits per heavy atom. The highest BCUT2D eigenvalue weighted by molar-refractivity contribution is 5.08. The molecule has 0 amide bonds. The summed E-state index contributed by atoms with van der Waals surface area (Å²) in [6.07, 6.45) is 7.98. The fourth-order valence-electron chi connectivity index (χ4n) is 3.86. The predicted molar refractivity (Wildman–Crippen MR) is 75.7 cm³/mol. The number of piperidine rings is 1. The van der Waals surface area contributed by atoms with E-state index < -0.39 is 6.10 Å². The van der Waals surface area contributed by atoms with Crippen LogP contribution in [-0.4, -0.2) is 34.1 Å². The summed E-state index contributed by atoms with van der Waals surface area (Å²) in [4.78, 5) is 6.51. The van der Waals surface area contributed by atoms with Crippen molar-refractivity contribution < 1.29 is 9.50 Å². The van der Waals surface area contributed by atoms with Crippen LogP contribution in [0.3, 0.4) is 0 Å². The highest BCUT2D eigenvalue weighted by Crippen LogP contribution is 2.37. The third kappa shape index (κ3) is 3.01. The Hall–Kier alpha value is -1.00.